The van der Waals surface area contributed by atoms with Gasteiger partial charge in [-0.25, -0.2) is 14.5 Å². The molecule has 0 spiro atoms. The second-order valence-corrected chi connectivity index (χ2v) is 9.24. The third-order valence-corrected chi connectivity index (χ3v) is 6.84. The van der Waals surface area contributed by atoms with Crippen molar-refractivity contribution in [2.45, 2.75) is 25.8 Å². The molecule has 2 aliphatic rings. The first-order chi connectivity index (χ1) is 16.1. The number of hydrogen-bond acceptors (Lipinski definition) is 4. The number of nitrogens with zero attached hydrogens (tertiary/aromatic N) is 6. The monoisotopic (exact) mass is 442 g/mol. The van der Waals surface area contributed by atoms with E-state index in [9.17, 15) is 9.59 Å². The third kappa shape index (κ3) is 3.65. The number of likely N-dealkylation sites (tertiary alicyclic amines) is 1. The lowest BCUT2D eigenvalue weighted by molar-refractivity contribution is -0.131. The van der Waals surface area contributed by atoms with Crippen molar-refractivity contribution in [2.24, 2.45) is 18.9 Å². The Morgan fingerprint density at radius 2 is 1.79 bits per heavy atom. The van der Waals surface area contributed by atoms with Crippen molar-refractivity contribution in [3.05, 3.63) is 65.5 Å². The van der Waals surface area contributed by atoms with Crippen LogP contribution in [0.25, 0.3) is 28.2 Å². The Bertz CT molecular complexity index is 1390. The lowest BCUT2D eigenvalue weighted by atomic mass is 10.0. The van der Waals surface area contributed by atoms with Crippen molar-refractivity contribution >= 4 is 11.6 Å². The van der Waals surface area contributed by atoms with Crippen LogP contribution >= 0.6 is 0 Å². The van der Waals surface area contributed by atoms with Crippen LogP contribution in [0.3, 0.4) is 0 Å². The summed E-state index contributed by atoms with van der Waals surface area (Å²) >= 11 is 0. The molecule has 8 nitrogen and oxygen atoms in total. The summed E-state index contributed by atoms with van der Waals surface area (Å²) < 4.78 is 5.17. The highest BCUT2D eigenvalue weighted by Gasteiger charge is 2.36. The summed E-state index contributed by atoms with van der Waals surface area (Å²) in [5.41, 5.74) is 3.88. The third-order valence-electron chi connectivity index (χ3n) is 6.84. The fourth-order valence-electron chi connectivity index (χ4n) is 4.81. The van der Waals surface area contributed by atoms with E-state index in [1.165, 1.54) is 4.68 Å². The molecular weight excluding hydrogens is 416 g/mol. The van der Waals surface area contributed by atoms with Gasteiger partial charge in [0.2, 0.25) is 5.91 Å². The van der Waals surface area contributed by atoms with Gasteiger partial charge in [-0.05, 0) is 48.4 Å². The Morgan fingerprint density at radius 3 is 2.58 bits per heavy atom. The summed E-state index contributed by atoms with van der Waals surface area (Å²) in [4.78, 5) is 31.5. The molecule has 1 saturated carbocycles. The predicted molar refractivity (Wildman–Crippen MR) is 125 cm³/mol. The molecule has 0 N–H and O–H groups in total. The number of aryl methyl sites for hydroxylation is 1. The van der Waals surface area contributed by atoms with Crippen molar-refractivity contribution in [2.75, 3.05) is 13.1 Å². The quantitative estimate of drug-likeness (QED) is 0.476. The number of carbonyl (C=O) groups excluding carboxylic acids is 1. The molecule has 2 fully saturated rings. The van der Waals surface area contributed by atoms with Gasteiger partial charge in [0, 0.05) is 56.8 Å². The van der Waals surface area contributed by atoms with Gasteiger partial charge in [-0.3, -0.25) is 9.36 Å². The predicted octanol–water partition coefficient (Wildman–Crippen LogP) is 2.82. The van der Waals surface area contributed by atoms with E-state index in [1.54, 1.807) is 17.8 Å². The van der Waals surface area contributed by atoms with E-state index in [-0.39, 0.29) is 17.5 Å². The highest BCUT2D eigenvalue weighted by atomic mass is 16.2. The highest BCUT2D eigenvalue weighted by Crippen LogP contribution is 2.33. The summed E-state index contributed by atoms with van der Waals surface area (Å²) in [5.74, 6) is 1.48. The number of imidazole rings is 1. The molecule has 1 amide bonds. The number of benzene rings is 1. The summed E-state index contributed by atoms with van der Waals surface area (Å²) in [5, 5.41) is 4.53. The van der Waals surface area contributed by atoms with E-state index in [4.69, 9.17) is 0 Å². The number of pyridine rings is 1. The smallest absolute Gasteiger partial charge is 0.342 e. The van der Waals surface area contributed by atoms with E-state index in [1.807, 2.05) is 33.7 Å². The Hall–Kier alpha value is -3.68. The lowest BCUT2D eigenvalue weighted by Crippen LogP contribution is -2.31. The maximum absolute atomic E-state index is 12.8. The zero-order valence-electron chi connectivity index (χ0n) is 18.6. The fourth-order valence-corrected chi connectivity index (χ4v) is 4.81. The summed E-state index contributed by atoms with van der Waals surface area (Å²) in [6.07, 6.45) is 8.75. The molecule has 168 valence electrons. The van der Waals surface area contributed by atoms with E-state index >= 15 is 0 Å². The molecule has 1 atom stereocenters. The van der Waals surface area contributed by atoms with Crippen molar-refractivity contribution in [3.63, 3.8) is 0 Å². The fraction of sp³-hybridized carbons (Fsp3) is 0.360. The largest absolute Gasteiger partial charge is 0.345 e. The number of fused-ring (bicyclic) bond motifs is 1. The topological polar surface area (TPSA) is 77.4 Å². The molecule has 1 aliphatic heterocycles. The van der Waals surface area contributed by atoms with Gasteiger partial charge in [0.05, 0.1) is 0 Å². The van der Waals surface area contributed by atoms with Gasteiger partial charge in [0.15, 0.2) is 5.82 Å². The van der Waals surface area contributed by atoms with E-state index in [0.717, 1.165) is 54.7 Å². The van der Waals surface area contributed by atoms with Gasteiger partial charge in [0.25, 0.3) is 0 Å². The first-order valence-corrected chi connectivity index (χ1v) is 11.5. The minimum Gasteiger partial charge on any atom is -0.342 e. The standard InChI is InChI=1S/C25H26N6O2/c1-28-25(33)31(15-17-10-12-30(14-17)24(32)20-6-7-20)23(27-28)19-4-2-18(3-5-19)21-8-9-22-26-11-13-29(22)16-21/h2-5,8-9,11,13,16-17,20H,6-7,10,12,14-15H2,1H3/t17-/m1/s1. The molecule has 3 aromatic heterocycles. The average molecular weight is 443 g/mol. The molecule has 1 saturated heterocycles. The number of aromatic nitrogens is 5. The zero-order valence-corrected chi connectivity index (χ0v) is 18.6. The number of hydrogen-bond donors (Lipinski definition) is 0. The molecule has 1 aromatic carbocycles. The van der Waals surface area contributed by atoms with Gasteiger partial charge in [0.1, 0.15) is 5.65 Å². The Labute approximate surface area is 191 Å². The summed E-state index contributed by atoms with van der Waals surface area (Å²) in [6.45, 7) is 2.10. The molecule has 4 aromatic rings. The van der Waals surface area contributed by atoms with Gasteiger partial charge in [-0.2, -0.15) is 0 Å². The van der Waals surface area contributed by atoms with E-state index < -0.39 is 0 Å². The summed E-state index contributed by atoms with van der Waals surface area (Å²) in [6, 6.07) is 12.2. The number of carbonyl (C=O) groups is 1. The van der Waals surface area contributed by atoms with Gasteiger partial charge < -0.3 is 9.30 Å². The molecule has 0 bridgehead atoms. The molecule has 0 unspecified atom stereocenters. The van der Waals surface area contributed by atoms with Crippen LogP contribution < -0.4 is 5.69 Å². The van der Waals surface area contributed by atoms with Gasteiger partial charge in [-0.15, -0.1) is 5.10 Å². The Balaban J connectivity index is 1.25. The normalized spacial score (nSPS) is 18.3. The summed E-state index contributed by atoms with van der Waals surface area (Å²) in [7, 11) is 1.69. The van der Waals surface area contributed by atoms with Crippen LogP contribution in [0.15, 0.2) is 59.8 Å². The van der Waals surface area contributed by atoms with E-state index in [2.05, 4.69) is 34.5 Å². The maximum atomic E-state index is 12.8. The van der Waals surface area contributed by atoms with E-state index in [0.29, 0.717) is 18.3 Å². The van der Waals surface area contributed by atoms with Crippen LogP contribution in [0.1, 0.15) is 19.3 Å². The lowest BCUT2D eigenvalue weighted by Gasteiger charge is -2.16. The van der Waals surface area contributed by atoms with Crippen LogP contribution in [-0.4, -0.2) is 47.6 Å². The minimum atomic E-state index is -0.119. The highest BCUT2D eigenvalue weighted by molar-refractivity contribution is 5.81. The minimum absolute atomic E-state index is 0.119. The van der Waals surface area contributed by atoms with Gasteiger partial charge in [-0.1, -0.05) is 24.3 Å². The zero-order chi connectivity index (χ0) is 22.5. The molecule has 4 heterocycles. The van der Waals surface area contributed by atoms with Crippen molar-refractivity contribution in [3.8, 4) is 22.5 Å². The molecule has 0 radical (unpaired) electrons. The van der Waals surface area contributed by atoms with Crippen molar-refractivity contribution in [1.82, 2.24) is 28.6 Å². The second-order valence-electron chi connectivity index (χ2n) is 9.24. The average Bonchev–Trinajstić information content (AvgIpc) is 3.28. The first kappa shape index (κ1) is 20.0. The molecule has 33 heavy (non-hydrogen) atoms. The Morgan fingerprint density at radius 1 is 1.03 bits per heavy atom. The van der Waals surface area contributed by atoms with Crippen LogP contribution in [-0.2, 0) is 18.4 Å². The maximum Gasteiger partial charge on any atom is 0.345 e. The first-order valence-electron chi connectivity index (χ1n) is 11.5. The van der Waals surface area contributed by atoms with Gasteiger partial charge >= 0.3 is 5.69 Å². The molecule has 6 rings (SSSR count). The number of amides is 1. The van der Waals surface area contributed by atoms with Crippen LogP contribution in [0.4, 0.5) is 0 Å². The van der Waals surface area contributed by atoms with Crippen LogP contribution in [0.5, 0.6) is 0 Å². The van der Waals surface area contributed by atoms with Crippen LogP contribution in [0, 0.1) is 11.8 Å². The number of rotatable bonds is 5. The second kappa shape index (κ2) is 7.72. The molecule has 1 aliphatic carbocycles. The Kier molecular flexibility index (Phi) is 4.67. The van der Waals surface area contributed by atoms with Crippen LogP contribution in [0.2, 0.25) is 0 Å². The molecule has 8 heteroatoms. The molecular formula is C25H26N6O2. The SMILES string of the molecule is Cn1nc(-c2ccc(-c3ccc4nccn4c3)cc2)n(C[C@@H]2CCN(C(=O)C3CC3)C2)c1=O. The van der Waals surface area contributed by atoms with Crippen molar-refractivity contribution < 1.29 is 4.79 Å². The van der Waals surface area contributed by atoms with Crippen molar-refractivity contribution in [1.29, 1.82) is 0 Å².